The minimum Gasteiger partial charge on any atom is -0.454 e. The van der Waals surface area contributed by atoms with Crippen LogP contribution in [0.5, 0.6) is 0 Å². The molecule has 0 aromatic heterocycles. The van der Waals surface area contributed by atoms with Gasteiger partial charge >= 0.3 is 12.0 Å². The number of carbonyl (C=O) groups is 4. The third-order valence-corrected chi connectivity index (χ3v) is 5.00. The Bertz CT molecular complexity index is 820. The van der Waals surface area contributed by atoms with Crippen molar-refractivity contribution in [2.45, 2.75) is 44.6 Å². The maximum absolute atomic E-state index is 13.7. The highest BCUT2D eigenvalue weighted by Crippen LogP contribution is 2.33. The smallest absolute Gasteiger partial charge is 0.326 e. The number of benzene rings is 1. The molecule has 4 amide bonds. The van der Waals surface area contributed by atoms with E-state index in [1.807, 2.05) is 0 Å². The molecule has 2 N–H and O–H groups in total. The van der Waals surface area contributed by atoms with E-state index in [4.69, 9.17) is 4.74 Å². The summed E-state index contributed by atoms with van der Waals surface area (Å²) in [6.07, 6.45) is 3.77. The molecule has 0 atom stereocenters. The average Bonchev–Trinajstić information content (AvgIpc) is 2.87. The van der Waals surface area contributed by atoms with Crippen molar-refractivity contribution < 1.29 is 28.3 Å². The first-order valence-electron chi connectivity index (χ1n) is 9.16. The van der Waals surface area contributed by atoms with Crippen molar-refractivity contribution in [3.63, 3.8) is 0 Å². The molecular weight excluding hydrogens is 369 g/mol. The van der Waals surface area contributed by atoms with Crippen LogP contribution in [0.25, 0.3) is 0 Å². The highest BCUT2D eigenvalue weighted by molar-refractivity contribution is 6.08. The van der Waals surface area contributed by atoms with Gasteiger partial charge < -0.3 is 15.4 Å². The Morgan fingerprint density at radius 3 is 2.64 bits per heavy atom. The van der Waals surface area contributed by atoms with Gasteiger partial charge in [-0.15, -0.1) is 0 Å². The molecule has 1 aliphatic carbocycles. The number of amides is 4. The van der Waals surface area contributed by atoms with Crippen LogP contribution in [0.1, 0.15) is 37.7 Å². The maximum atomic E-state index is 13.7. The highest BCUT2D eigenvalue weighted by atomic mass is 19.1. The largest absolute Gasteiger partial charge is 0.454 e. The number of ether oxygens (including phenoxy) is 1. The molecule has 28 heavy (non-hydrogen) atoms. The SMILES string of the molecule is Cc1ccc(NC(=O)COC(=O)CN2C(=O)NC3(CCCCC3)C2=O)c(F)c1. The lowest BCUT2D eigenvalue weighted by molar-refractivity contribution is -0.150. The van der Waals surface area contributed by atoms with Crippen LogP contribution < -0.4 is 10.6 Å². The number of nitrogens with one attached hydrogen (secondary N) is 2. The van der Waals surface area contributed by atoms with Crippen LogP contribution >= 0.6 is 0 Å². The number of aryl methyl sites for hydroxylation is 1. The van der Waals surface area contributed by atoms with Gasteiger partial charge in [0.1, 0.15) is 17.9 Å². The lowest BCUT2D eigenvalue weighted by atomic mass is 9.82. The molecule has 1 heterocycles. The molecule has 0 bridgehead atoms. The molecule has 2 fully saturated rings. The van der Waals surface area contributed by atoms with Crippen molar-refractivity contribution >= 4 is 29.5 Å². The second kappa shape index (κ2) is 7.95. The molecule has 2 aliphatic rings. The van der Waals surface area contributed by atoms with Crippen molar-refractivity contribution in [2.24, 2.45) is 0 Å². The van der Waals surface area contributed by atoms with Gasteiger partial charge in [0.2, 0.25) is 0 Å². The van der Waals surface area contributed by atoms with E-state index in [0.717, 1.165) is 24.2 Å². The van der Waals surface area contributed by atoms with Crippen molar-refractivity contribution in [3.05, 3.63) is 29.6 Å². The standard InChI is InChI=1S/C19H22FN3O5/c1-12-5-6-14(13(20)9-12)21-15(24)11-28-16(25)10-23-17(26)19(22-18(23)27)7-3-2-4-8-19/h5-6,9H,2-4,7-8,10-11H2,1H3,(H,21,24)(H,22,27). The van der Waals surface area contributed by atoms with Gasteiger partial charge in [0.25, 0.3) is 11.8 Å². The van der Waals surface area contributed by atoms with E-state index in [9.17, 15) is 23.6 Å². The number of anilines is 1. The first-order chi connectivity index (χ1) is 13.3. The van der Waals surface area contributed by atoms with E-state index in [2.05, 4.69) is 10.6 Å². The van der Waals surface area contributed by atoms with Gasteiger partial charge in [0.05, 0.1) is 5.69 Å². The zero-order valence-electron chi connectivity index (χ0n) is 15.5. The minimum absolute atomic E-state index is 0.0278. The first-order valence-corrected chi connectivity index (χ1v) is 9.16. The molecule has 150 valence electrons. The van der Waals surface area contributed by atoms with Crippen LogP contribution in [0.3, 0.4) is 0 Å². The average molecular weight is 391 g/mol. The molecule has 1 spiro atoms. The summed E-state index contributed by atoms with van der Waals surface area (Å²) in [6.45, 7) is 0.489. The van der Waals surface area contributed by atoms with Crippen molar-refractivity contribution in [2.75, 3.05) is 18.5 Å². The van der Waals surface area contributed by atoms with E-state index in [1.165, 1.54) is 12.1 Å². The number of halogens is 1. The second-order valence-electron chi connectivity index (χ2n) is 7.16. The number of hydrogen-bond donors (Lipinski definition) is 2. The molecule has 8 nitrogen and oxygen atoms in total. The summed E-state index contributed by atoms with van der Waals surface area (Å²) in [5.41, 5.74) is -0.248. The predicted octanol–water partition coefficient (Wildman–Crippen LogP) is 1.87. The van der Waals surface area contributed by atoms with Gasteiger partial charge in [-0.3, -0.25) is 19.3 Å². The van der Waals surface area contributed by atoms with Gasteiger partial charge in [-0.2, -0.15) is 0 Å². The van der Waals surface area contributed by atoms with E-state index < -0.39 is 48.3 Å². The Kier molecular flexibility index (Phi) is 5.62. The molecule has 0 radical (unpaired) electrons. The normalized spacial score (nSPS) is 18.1. The Morgan fingerprint density at radius 1 is 1.25 bits per heavy atom. The van der Waals surface area contributed by atoms with Crippen LogP contribution in [0.15, 0.2) is 18.2 Å². The molecule has 1 saturated heterocycles. The van der Waals surface area contributed by atoms with Crippen LogP contribution in [0, 0.1) is 12.7 Å². The predicted molar refractivity (Wildman–Crippen MR) is 96.8 cm³/mol. The molecule has 1 aliphatic heterocycles. The summed E-state index contributed by atoms with van der Waals surface area (Å²) in [5, 5.41) is 4.99. The molecule has 1 aromatic rings. The maximum Gasteiger partial charge on any atom is 0.326 e. The highest BCUT2D eigenvalue weighted by Gasteiger charge is 2.51. The van der Waals surface area contributed by atoms with Crippen molar-refractivity contribution in [1.82, 2.24) is 10.2 Å². The molecular formula is C19H22FN3O5. The second-order valence-corrected chi connectivity index (χ2v) is 7.16. The van der Waals surface area contributed by atoms with Gasteiger partial charge in [-0.05, 0) is 37.5 Å². The molecule has 1 aromatic carbocycles. The number of esters is 1. The van der Waals surface area contributed by atoms with Gasteiger partial charge in [-0.1, -0.05) is 25.3 Å². The summed E-state index contributed by atoms with van der Waals surface area (Å²) in [6, 6.07) is 3.67. The van der Waals surface area contributed by atoms with Crippen LogP contribution in [-0.4, -0.2) is 47.4 Å². The Balaban J connectivity index is 1.50. The lowest BCUT2D eigenvalue weighted by Crippen LogP contribution is -2.48. The summed E-state index contributed by atoms with van der Waals surface area (Å²) in [4.78, 5) is 49.3. The summed E-state index contributed by atoms with van der Waals surface area (Å²) < 4.78 is 18.6. The summed E-state index contributed by atoms with van der Waals surface area (Å²) in [5.74, 6) is -2.65. The fraction of sp³-hybridized carbons (Fsp3) is 0.474. The van der Waals surface area contributed by atoms with Gasteiger partial charge in [0.15, 0.2) is 6.61 Å². The number of urea groups is 1. The summed E-state index contributed by atoms with van der Waals surface area (Å²) >= 11 is 0. The van der Waals surface area contributed by atoms with Gasteiger partial charge in [-0.25, -0.2) is 9.18 Å². The van der Waals surface area contributed by atoms with Gasteiger partial charge in [0, 0.05) is 0 Å². The van der Waals surface area contributed by atoms with Crippen molar-refractivity contribution in [3.8, 4) is 0 Å². The molecule has 3 rings (SSSR count). The van der Waals surface area contributed by atoms with Crippen LogP contribution in [0.4, 0.5) is 14.9 Å². The van der Waals surface area contributed by atoms with E-state index in [0.29, 0.717) is 18.4 Å². The van der Waals surface area contributed by atoms with E-state index >= 15 is 0 Å². The fourth-order valence-corrected chi connectivity index (χ4v) is 3.54. The zero-order chi connectivity index (χ0) is 20.3. The van der Waals surface area contributed by atoms with Crippen LogP contribution in [-0.2, 0) is 19.1 Å². The molecule has 0 unspecified atom stereocenters. The number of hydrogen-bond acceptors (Lipinski definition) is 5. The zero-order valence-corrected chi connectivity index (χ0v) is 15.5. The summed E-state index contributed by atoms with van der Waals surface area (Å²) in [7, 11) is 0. The Hall–Kier alpha value is -2.97. The monoisotopic (exact) mass is 391 g/mol. The Labute approximate surface area is 161 Å². The number of imide groups is 1. The first kappa shape index (κ1) is 19.8. The molecule has 9 heteroatoms. The van der Waals surface area contributed by atoms with E-state index in [-0.39, 0.29) is 5.69 Å². The van der Waals surface area contributed by atoms with Crippen molar-refractivity contribution in [1.29, 1.82) is 0 Å². The number of nitrogens with zero attached hydrogens (tertiary/aromatic N) is 1. The fourth-order valence-electron chi connectivity index (χ4n) is 3.54. The Morgan fingerprint density at radius 2 is 1.96 bits per heavy atom. The molecule has 1 saturated carbocycles. The minimum atomic E-state index is -0.921. The third-order valence-electron chi connectivity index (χ3n) is 5.00. The quantitative estimate of drug-likeness (QED) is 0.589. The topological polar surface area (TPSA) is 105 Å². The lowest BCUT2D eigenvalue weighted by Gasteiger charge is -2.30. The number of carbonyl (C=O) groups excluding carboxylic acids is 4. The third kappa shape index (κ3) is 4.13. The van der Waals surface area contributed by atoms with E-state index in [1.54, 1.807) is 13.0 Å². The number of rotatable bonds is 5. The van der Waals surface area contributed by atoms with Crippen LogP contribution in [0.2, 0.25) is 0 Å².